The van der Waals surface area contributed by atoms with Gasteiger partial charge in [0.15, 0.2) is 6.61 Å². The van der Waals surface area contributed by atoms with Gasteiger partial charge in [0.05, 0.1) is 13.7 Å². The Morgan fingerprint density at radius 1 is 1.21 bits per heavy atom. The van der Waals surface area contributed by atoms with Crippen molar-refractivity contribution >= 4 is 11.9 Å². The molecule has 1 aromatic carbocycles. The van der Waals surface area contributed by atoms with Gasteiger partial charge in [0.2, 0.25) is 0 Å². The van der Waals surface area contributed by atoms with Gasteiger partial charge in [-0.2, -0.15) is 0 Å². The lowest BCUT2D eigenvalue weighted by Gasteiger charge is -2.25. The molecule has 1 fully saturated rings. The number of likely N-dealkylation sites (tertiary alicyclic amines) is 1. The fourth-order valence-corrected chi connectivity index (χ4v) is 3.89. The van der Waals surface area contributed by atoms with E-state index in [4.69, 9.17) is 9.84 Å². The van der Waals surface area contributed by atoms with Crippen LogP contribution in [-0.2, 0) is 20.9 Å². The van der Waals surface area contributed by atoms with Crippen molar-refractivity contribution in [3.05, 3.63) is 28.8 Å². The molecule has 0 saturated carbocycles. The van der Waals surface area contributed by atoms with Crippen LogP contribution in [0.15, 0.2) is 12.1 Å². The van der Waals surface area contributed by atoms with Gasteiger partial charge in [0.1, 0.15) is 5.75 Å². The van der Waals surface area contributed by atoms with Crippen molar-refractivity contribution in [3.8, 4) is 5.75 Å². The molecule has 1 saturated heterocycles. The molecular formula is C21H32N2O5. The molecule has 0 spiro atoms. The van der Waals surface area contributed by atoms with Crippen molar-refractivity contribution in [1.29, 1.82) is 0 Å². The minimum absolute atomic E-state index is 0.0884. The van der Waals surface area contributed by atoms with Gasteiger partial charge in [0.25, 0.3) is 0 Å². The van der Waals surface area contributed by atoms with E-state index in [1.165, 1.54) is 12.7 Å². The number of nitrogens with zero attached hydrogens (tertiary/aromatic N) is 2. The summed E-state index contributed by atoms with van der Waals surface area (Å²) < 4.78 is 10.2. The average molecular weight is 392 g/mol. The van der Waals surface area contributed by atoms with Gasteiger partial charge >= 0.3 is 11.9 Å². The van der Waals surface area contributed by atoms with Crippen molar-refractivity contribution < 1.29 is 24.2 Å². The smallest absolute Gasteiger partial charge is 0.343 e. The highest BCUT2D eigenvalue weighted by atomic mass is 16.6. The monoisotopic (exact) mass is 392 g/mol. The molecule has 0 amide bonds. The first-order valence-corrected chi connectivity index (χ1v) is 9.74. The van der Waals surface area contributed by atoms with Crippen molar-refractivity contribution in [2.45, 2.75) is 45.7 Å². The van der Waals surface area contributed by atoms with Crippen LogP contribution in [0.2, 0.25) is 0 Å². The molecule has 0 aromatic heterocycles. The second-order valence-corrected chi connectivity index (χ2v) is 7.59. The van der Waals surface area contributed by atoms with E-state index < -0.39 is 11.9 Å². The number of aliphatic carboxylic acids is 1. The molecule has 0 bridgehead atoms. The molecular weight excluding hydrogens is 360 g/mol. The van der Waals surface area contributed by atoms with E-state index in [9.17, 15) is 9.59 Å². The summed E-state index contributed by atoms with van der Waals surface area (Å²) in [5.74, 6) is -0.431. The minimum Gasteiger partial charge on any atom is -0.481 e. The predicted octanol–water partition coefficient (Wildman–Crippen LogP) is 2.23. The number of hydrogen-bond donors (Lipinski definition) is 1. The number of likely N-dealkylation sites (N-methyl/N-ethyl adjacent to an activating group) is 1. The number of carbonyl (C=O) groups excluding carboxylic acids is 1. The highest BCUT2D eigenvalue weighted by Gasteiger charge is 2.22. The summed E-state index contributed by atoms with van der Waals surface area (Å²) in [6, 6.07) is 4.54. The second kappa shape index (κ2) is 10.4. The van der Waals surface area contributed by atoms with E-state index in [0.29, 0.717) is 6.04 Å². The molecule has 1 N–H and O–H groups in total. The molecule has 28 heavy (non-hydrogen) atoms. The first kappa shape index (κ1) is 22.2. The fourth-order valence-electron chi connectivity index (χ4n) is 3.89. The van der Waals surface area contributed by atoms with Crippen molar-refractivity contribution in [2.75, 3.05) is 40.4 Å². The van der Waals surface area contributed by atoms with Crippen LogP contribution in [0.25, 0.3) is 0 Å². The van der Waals surface area contributed by atoms with E-state index in [1.54, 1.807) is 0 Å². The third-order valence-electron chi connectivity index (χ3n) is 5.29. The summed E-state index contributed by atoms with van der Waals surface area (Å²) in [5, 5.41) is 9.00. The number of ether oxygens (including phenoxy) is 2. The summed E-state index contributed by atoms with van der Waals surface area (Å²) in [6.07, 6.45) is 3.06. The Labute approximate surface area is 167 Å². The molecule has 1 aliphatic rings. The Hall–Kier alpha value is -2.12. The predicted molar refractivity (Wildman–Crippen MR) is 107 cm³/mol. The van der Waals surface area contributed by atoms with Crippen LogP contribution in [0.4, 0.5) is 0 Å². The van der Waals surface area contributed by atoms with E-state index in [-0.39, 0.29) is 13.2 Å². The highest BCUT2D eigenvalue weighted by molar-refractivity contribution is 5.71. The van der Waals surface area contributed by atoms with Gasteiger partial charge in [-0.05, 0) is 69.9 Å². The number of aryl methyl sites for hydroxylation is 2. The molecule has 1 aliphatic heterocycles. The quantitative estimate of drug-likeness (QED) is 0.680. The standard InChI is InChI=1S/C21H32N2O5/c1-15-10-17(11-16(2)21(15)28-14-20(26)27-4)12-23-8-5-6-18(7-9-23)22(3)13-19(24)25/h10-11,18H,5-9,12-14H2,1-4H3,(H,24,25). The van der Waals surface area contributed by atoms with Gasteiger partial charge in [-0.25, -0.2) is 4.79 Å². The number of carboxylic acids is 1. The third-order valence-corrected chi connectivity index (χ3v) is 5.29. The number of rotatable bonds is 8. The first-order chi connectivity index (χ1) is 13.3. The van der Waals surface area contributed by atoms with Gasteiger partial charge < -0.3 is 14.6 Å². The molecule has 7 nitrogen and oxygen atoms in total. The van der Waals surface area contributed by atoms with Crippen LogP contribution < -0.4 is 4.74 Å². The molecule has 1 heterocycles. The normalized spacial score (nSPS) is 18.0. The van der Waals surface area contributed by atoms with Crippen LogP contribution in [0, 0.1) is 13.8 Å². The largest absolute Gasteiger partial charge is 0.481 e. The lowest BCUT2D eigenvalue weighted by molar-refractivity contribution is -0.143. The lowest BCUT2D eigenvalue weighted by atomic mass is 10.0. The van der Waals surface area contributed by atoms with Gasteiger partial charge in [-0.3, -0.25) is 14.6 Å². The first-order valence-electron chi connectivity index (χ1n) is 9.74. The van der Waals surface area contributed by atoms with Crippen LogP contribution in [-0.4, -0.2) is 73.3 Å². The van der Waals surface area contributed by atoms with Crippen molar-refractivity contribution in [3.63, 3.8) is 0 Å². The fraction of sp³-hybridized carbons (Fsp3) is 0.619. The zero-order valence-electron chi connectivity index (χ0n) is 17.4. The molecule has 1 unspecified atom stereocenters. The Kier molecular flexibility index (Phi) is 8.26. The number of methoxy groups -OCH3 is 1. The maximum atomic E-state index is 11.3. The molecule has 1 aromatic rings. The second-order valence-electron chi connectivity index (χ2n) is 7.59. The van der Waals surface area contributed by atoms with Gasteiger partial charge in [0, 0.05) is 12.6 Å². The Morgan fingerprint density at radius 3 is 2.50 bits per heavy atom. The minimum atomic E-state index is -0.774. The Morgan fingerprint density at radius 2 is 1.89 bits per heavy atom. The number of hydrogen-bond acceptors (Lipinski definition) is 6. The topological polar surface area (TPSA) is 79.3 Å². The van der Waals surface area contributed by atoms with Crippen molar-refractivity contribution in [1.82, 2.24) is 9.80 Å². The number of carbonyl (C=O) groups is 2. The summed E-state index contributed by atoms with van der Waals surface area (Å²) >= 11 is 0. The summed E-state index contributed by atoms with van der Waals surface area (Å²) in [6.45, 7) is 6.80. The summed E-state index contributed by atoms with van der Waals surface area (Å²) in [7, 11) is 3.24. The zero-order valence-corrected chi connectivity index (χ0v) is 17.4. The molecule has 7 heteroatoms. The van der Waals surface area contributed by atoms with E-state index in [1.807, 2.05) is 25.8 Å². The summed E-state index contributed by atoms with van der Waals surface area (Å²) in [4.78, 5) is 26.6. The maximum Gasteiger partial charge on any atom is 0.343 e. The van der Waals surface area contributed by atoms with E-state index in [2.05, 4.69) is 21.8 Å². The van der Waals surface area contributed by atoms with Crippen molar-refractivity contribution in [2.24, 2.45) is 0 Å². The molecule has 0 radical (unpaired) electrons. The van der Waals surface area contributed by atoms with Gasteiger partial charge in [-0.1, -0.05) is 12.1 Å². The average Bonchev–Trinajstić information content (AvgIpc) is 2.85. The Balaban J connectivity index is 1.96. The number of carboxylic acid groups (broad SMARTS) is 1. The molecule has 156 valence electrons. The maximum absolute atomic E-state index is 11.3. The third kappa shape index (κ3) is 6.49. The van der Waals surface area contributed by atoms with E-state index in [0.717, 1.165) is 55.8 Å². The molecule has 1 atom stereocenters. The van der Waals surface area contributed by atoms with E-state index >= 15 is 0 Å². The van der Waals surface area contributed by atoms with Crippen LogP contribution in [0.3, 0.4) is 0 Å². The van der Waals surface area contributed by atoms with Crippen LogP contribution in [0.5, 0.6) is 5.75 Å². The summed E-state index contributed by atoms with van der Waals surface area (Å²) in [5.41, 5.74) is 3.23. The zero-order chi connectivity index (χ0) is 20.7. The lowest BCUT2D eigenvalue weighted by Crippen LogP contribution is -2.36. The van der Waals surface area contributed by atoms with Crippen LogP contribution >= 0.6 is 0 Å². The molecule has 2 rings (SSSR count). The number of benzene rings is 1. The Bertz CT molecular complexity index is 668. The highest BCUT2D eigenvalue weighted by Crippen LogP contribution is 2.26. The SMILES string of the molecule is COC(=O)COc1c(C)cc(CN2CCCC(N(C)CC(=O)O)CC2)cc1C. The van der Waals surface area contributed by atoms with Gasteiger partial charge in [-0.15, -0.1) is 0 Å². The molecule has 0 aliphatic carbocycles. The van der Waals surface area contributed by atoms with Crippen LogP contribution in [0.1, 0.15) is 36.0 Å². The number of esters is 1.